The molecule has 66 valence electrons. The molecule has 0 saturated carbocycles. The first kappa shape index (κ1) is 8.93. The van der Waals surface area contributed by atoms with Crippen molar-refractivity contribution in [3.05, 3.63) is 0 Å². The number of hydrazine groups is 1. The van der Waals surface area contributed by atoms with Crippen molar-refractivity contribution in [1.82, 2.24) is 10.4 Å². The van der Waals surface area contributed by atoms with Gasteiger partial charge in [-0.15, -0.1) is 0 Å². The van der Waals surface area contributed by atoms with Gasteiger partial charge in [-0.1, -0.05) is 0 Å². The van der Waals surface area contributed by atoms with E-state index in [-0.39, 0.29) is 0 Å². The molecule has 0 atom stereocenters. The van der Waals surface area contributed by atoms with E-state index in [9.17, 15) is 0 Å². The van der Waals surface area contributed by atoms with Gasteiger partial charge >= 0.3 is 0 Å². The van der Waals surface area contributed by atoms with Gasteiger partial charge in [0.2, 0.25) is 0 Å². The Morgan fingerprint density at radius 3 is 2.73 bits per heavy atom. The van der Waals surface area contributed by atoms with E-state index in [1.54, 1.807) is 0 Å². The highest BCUT2D eigenvalue weighted by molar-refractivity contribution is 4.56. The molecule has 1 fully saturated rings. The molecule has 4 nitrogen and oxygen atoms in total. The highest BCUT2D eigenvalue weighted by Crippen LogP contribution is 1.91. The van der Waals surface area contributed by atoms with Gasteiger partial charge in [0.1, 0.15) is 0 Å². The van der Waals surface area contributed by atoms with Crippen LogP contribution in [0.4, 0.5) is 0 Å². The van der Waals surface area contributed by atoms with Crippen LogP contribution >= 0.6 is 0 Å². The van der Waals surface area contributed by atoms with E-state index in [0.717, 1.165) is 45.8 Å². The molecular weight excluding hydrogens is 142 g/mol. The number of rotatable bonds is 4. The van der Waals surface area contributed by atoms with Crippen molar-refractivity contribution >= 4 is 0 Å². The summed E-state index contributed by atoms with van der Waals surface area (Å²) in [5, 5.41) is 2.19. The standard InChI is InChI=1S/C7H17N3O/c8-2-1-3-9-10-4-6-11-7-5-10/h9H,1-8H2. The predicted octanol–water partition coefficient (Wildman–Crippen LogP) is -0.828. The second-order valence-corrected chi connectivity index (χ2v) is 2.65. The van der Waals surface area contributed by atoms with Gasteiger partial charge in [0.05, 0.1) is 13.2 Å². The molecule has 1 saturated heterocycles. The zero-order valence-corrected chi connectivity index (χ0v) is 6.88. The van der Waals surface area contributed by atoms with E-state index in [2.05, 4.69) is 10.4 Å². The number of hydrogen-bond acceptors (Lipinski definition) is 4. The quantitative estimate of drug-likeness (QED) is 0.526. The lowest BCUT2D eigenvalue weighted by molar-refractivity contribution is 0.0121. The molecule has 4 heteroatoms. The Balaban J connectivity index is 1.96. The molecule has 0 spiro atoms. The number of hydrogen-bond donors (Lipinski definition) is 2. The molecule has 0 aromatic rings. The fourth-order valence-corrected chi connectivity index (χ4v) is 1.06. The van der Waals surface area contributed by atoms with E-state index >= 15 is 0 Å². The Morgan fingerprint density at radius 2 is 2.09 bits per heavy atom. The minimum Gasteiger partial charge on any atom is -0.379 e. The zero-order valence-electron chi connectivity index (χ0n) is 6.88. The van der Waals surface area contributed by atoms with E-state index in [4.69, 9.17) is 10.5 Å². The topological polar surface area (TPSA) is 50.5 Å². The monoisotopic (exact) mass is 159 g/mol. The molecule has 11 heavy (non-hydrogen) atoms. The Hall–Kier alpha value is -0.160. The molecule has 1 rings (SSSR count). The second-order valence-electron chi connectivity index (χ2n) is 2.65. The third kappa shape index (κ3) is 3.67. The van der Waals surface area contributed by atoms with Gasteiger partial charge in [-0.2, -0.15) is 0 Å². The third-order valence-corrected chi connectivity index (χ3v) is 1.73. The van der Waals surface area contributed by atoms with Crippen molar-refractivity contribution in [1.29, 1.82) is 0 Å². The molecule has 0 aromatic carbocycles. The van der Waals surface area contributed by atoms with E-state index in [1.165, 1.54) is 0 Å². The Kier molecular flexibility index (Phi) is 4.45. The summed E-state index contributed by atoms with van der Waals surface area (Å²) in [4.78, 5) is 0. The maximum atomic E-state index is 5.36. The maximum absolute atomic E-state index is 5.36. The first-order chi connectivity index (χ1) is 5.43. The number of nitrogens with one attached hydrogen (secondary N) is 1. The van der Waals surface area contributed by atoms with Gasteiger partial charge < -0.3 is 10.5 Å². The summed E-state index contributed by atoms with van der Waals surface area (Å²) >= 11 is 0. The number of morpholine rings is 1. The average Bonchev–Trinajstić information content (AvgIpc) is 2.07. The molecule has 0 radical (unpaired) electrons. The summed E-state index contributed by atoms with van der Waals surface area (Å²) in [6.07, 6.45) is 1.04. The number of ether oxygens (including phenoxy) is 1. The lowest BCUT2D eigenvalue weighted by atomic mass is 10.4. The highest BCUT2D eigenvalue weighted by Gasteiger charge is 2.07. The minimum atomic E-state index is 0.761. The molecule has 1 heterocycles. The van der Waals surface area contributed by atoms with Crippen LogP contribution in [0.2, 0.25) is 0 Å². The van der Waals surface area contributed by atoms with Crippen LogP contribution in [0.15, 0.2) is 0 Å². The molecule has 0 unspecified atom stereocenters. The molecule has 0 aliphatic carbocycles. The van der Waals surface area contributed by atoms with Gasteiger partial charge in [0, 0.05) is 19.6 Å². The van der Waals surface area contributed by atoms with E-state index < -0.39 is 0 Å². The third-order valence-electron chi connectivity index (χ3n) is 1.73. The minimum absolute atomic E-state index is 0.761. The fourth-order valence-electron chi connectivity index (χ4n) is 1.06. The van der Waals surface area contributed by atoms with Crippen molar-refractivity contribution < 1.29 is 4.74 Å². The SMILES string of the molecule is NCCCNN1CCOCC1. The Labute approximate surface area is 67.7 Å². The predicted molar refractivity (Wildman–Crippen MR) is 44.1 cm³/mol. The first-order valence-electron chi connectivity index (χ1n) is 4.20. The van der Waals surface area contributed by atoms with Gasteiger partial charge in [-0.3, -0.25) is 5.43 Å². The van der Waals surface area contributed by atoms with Crippen LogP contribution in [-0.2, 0) is 4.74 Å². The van der Waals surface area contributed by atoms with Crippen LogP contribution in [0, 0.1) is 0 Å². The van der Waals surface area contributed by atoms with Crippen molar-refractivity contribution in [2.45, 2.75) is 6.42 Å². The van der Waals surface area contributed by atoms with Gasteiger partial charge in [0.25, 0.3) is 0 Å². The Morgan fingerprint density at radius 1 is 1.36 bits per heavy atom. The summed E-state index contributed by atoms with van der Waals surface area (Å²) in [5.74, 6) is 0. The first-order valence-corrected chi connectivity index (χ1v) is 4.20. The second kappa shape index (κ2) is 5.49. The summed E-state index contributed by atoms with van der Waals surface area (Å²) in [5.41, 5.74) is 8.66. The van der Waals surface area contributed by atoms with Crippen LogP contribution in [0.3, 0.4) is 0 Å². The number of nitrogens with two attached hydrogens (primary N) is 1. The van der Waals surface area contributed by atoms with Crippen LogP contribution in [0.5, 0.6) is 0 Å². The zero-order chi connectivity index (χ0) is 7.94. The average molecular weight is 159 g/mol. The van der Waals surface area contributed by atoms with Gasteiger partial charge in [0.15, 0.2) is 0 Å². The highest BCUT2D eigenvalue weighted by atomic mass is 16.5. The van der Waals surface area contributed by atoms with Crippen molar-refractivity contribution in [3.63, 3.8) is 0 Å². The lowest BCUT2D eigenvalue weighted by Crippen LogP contribution is -2.46. The van der Waals surface area contributed by atoms with Crippen LogP contribution in [-0.4, -0.2) is 44.4 Å². The summed E-state index contributed by atoms with van der Waals surface area (Å²) in [6, 6.07) is 0. The number of nitrogens with zero attached hydrogens (tertiary/aromatic N) is 1. The molecule has 1 aliphatic rings. The van der Waals surface area contributed by atoms with Crippen LogP contribution in [0.25, 0.3) is 0 Å². The van der Waals surface area contributed by atoms with Crippen LogP contribution in [0.1, 0.15) is 6.42 Å². The molecule has 3 N–H and O–H groups in total. The molecular formula is C7H17N3O. The van der Waals surface area contributed by atoms with Crippen molar-refractivity contribution in [2.24, 2.45) is 5.73 Å². The Bertz CT molecular complexity index is 93.7. The molecule has 0 amide bonds. The largest absolute Gasteiger partial charge is 0.379 e. The smallest absolute Gasteiger partial charge is 0.0608 e. The van der Waals surface area contributed by atoms with Crippen molar-refractivity contribution in [2.75, 3.05) is 39.4 Å². The molecule has 0 aromatic heterocycles. The summed E-state index contributed by atoms with van der Waals surface area (Å²) in [6.45, 7) is 5.41. The lowest BCUT2D eigenvalue weighted by Gasteiger charge is -2.27. The summed E-state index contributed by atoms with van der Waals surface area (Å²) in [7, 11) is 0. The normalized spacial score (nSPS) is 20.5. The molecule has 1 aliphatic heterocycles. The van der Waals surface area contributed by atoms with E-state index in [0.29, 0.717) is 0 Å². The van der Waals surface area contributed by atoms with Crippen LogP contribution < -0.4 is 11.2 Å². The van der Waals surface area contributed by atoms with E-state index in [1.807, 2.05) is 0 Å². The van der Waals surface area contributed by atoms with Crippen molar-refractivity contribution in [3.8, 4) is 0 Å². The summed E-state index contributed by atoms with van der Waals surface area (Å²) < 4.78 is 5.20. The molecule has 0 bridgehead atoms. The van der Waals surface area contributed by atoms with Gasteiger partial charge in [-0.25, -0.2) is 5.01 Å². The maximum Gasteiger partial charge on any atom is 0.0608 e. The van der Waals surface area contributed by atoms with Gasteiger partial charge in [-0.05, 0) is 13.0 Å². The fraction of sp³-hybridized carbons (Fsp3) is 1.00.